The molecule has 1 amide bonds. The number of Topliss-reactive ketones (excluding diaryl/α,β-unsaturated/α-hetero) is 2. The van der Waals surface area contributed by atoms with Crippen LogP contribution in [-0.4, -0.2) is 68.5 Å². The number of nitrogens with zero attached hydrogens (tertiary/aromatic N) is 3. The van der Waals surface area contributed by atoms with Gasteiger partial charge in [-0.25, -0.2) is 11.1 Å². The molecule has 0 heterocycles. The van der Waals surface area contributed by atoms with Gasteiger partial charge in [0.1, 0.15) is 22.8 Å². The van der Waals surface area contributed by atoms with Crippen molar-refractivity contribution in [2.24, 2.45) is 27.8 Å². The first-order valence-corrected chi connectivity index (χ1v) is 10.2. The van der Waals surface area contributed by atoms with Crippen molar-refractivity contribution in [3.8, 4) is 5.75 Å². The first kappa shape index (κ1) is 23.2. The van der Waals surface area contributed by atoms with Crippen molar-refractivity contribution in [3.63, 3.8) is 0 Å². The van der Waals surface area contributed by atoms with Gasteiger partial charge in [0.25, 0.3) is 5.91 Å². The van der Waals surface area contributed by atoms with Gasteiger partial charge in [0.2, 0.25) is 5.78 Å². The number of ketones is 2. The summed E-state index contributed by atoms with van der Waals surface area (Å²) in [4.78, 5) is 40.1. The Labute approximate surface area is 192 Å². The number of phenolic OH excluding ortho intramolecular Hbond substituents is 1. The maximum absolute atomic E-state index is 13.5. The minimum Gasteiger partial charge on any atom is -0.510 e. The number of benzene rings is 1. The predicted octanol–water partition coefficient (Wildman–Crippen LogP) is 1.45. The number of aliphatic hydroxyl groups is 3. The van der Waals surface area contributed by atoms with E-state index in [1.807, 2.05) is 0 Å². The molecule has 13 nitrogen and oxygen atoms in total. The van der Waals surface area contributed by atoms with Crippen molar-refractivity contribution >= 4 is 28.8 Å². The number of nitrogens with one attached hydrogen (secondary N) is 2. The van der Waals surface area contributed by atoms with Gasteiger partial charge in [-0.1, -0.05) is 0 Å². The molecule has 178 valence electrons. The van der Waals surface area contributed by atoms with Crippen LogP contribution in [0, 0.1) is 22.9 Å². The number of allylic oxidation sites excluding steroid dienone is 1. The van der Waals surface area contributed by atoms with E-state index in [1.165, 1.54) is 25.1 Å². The molecule has 0 fully saturated rings. The van der Waals surface area contributed by atoms with Crippen molar-refractivity contribution in [3.05, 3.63) is 39.9 Å². The van der Waals surface area contributed by atoms with E-state index in [0.29, 0.717) is 0 Å². The van der Waals surface area contributed by atoms with Crippen LogP contribution in [0.2, 0.25) is 0 Å². The minimum atomic E-state index is -2.74. The van der Waals surface area contributed by atoms with Gasteiger partial charge in [-0.15, -0.1) is 0 Å². The zero-order valence-electron chi connectivity index (χ0n) is 18.2. The van der Waals surface area contributed by atoms with Gasteiger partial charge in [-0.2, -0.15) is 10.2 Å². The van der Waals surface area contributed by atoms with Crippen molar-refractivity contribution in [2.75, 3.05) is 14.1 Å². The number of primary amides is 1. The molecule has 0 saturated carbocycles. The summed E-state index contributed by atoms with van der Waals surface area (Å²) in [6, 6.07) is 0.0824. The molecule has 0 aromatic heterocycles. The summed E-state index contributed by atoms with van der Waals surface area (Å²) in [5.74, 6) is -7.80. The number of phenols is 1. The van der Waals surface area contributed by atoms with Crippen molar-refractivity contribution in [1.29, 1.82) is 11.1 Å². The van der Waals surface area contributed by atoms with Crippen LogP contribution in [0.1, 0.15) is 22.3 Å². The number of aromatic hydroxyl groups is 1. The molecular formula is C21H22N6O7. The van der Waals surface area contributed by atoms with Crippen LogP contribution in [0.3, 0.4) is 0 Å². The molecule has 3 aliphatic carbocycles. The lowest BCUT2D eigenvalue weighted by Gasteiger charge is -2.50. The van der Waals surface area contributed by atoms with E-state index in [1.54, 1.807) is 0 Å². The number of nitrogens with two attached hydrogens (primary N) is 1. The van der Waals surface area contributed by atoms with Crippen molar-refractivity contribution in [1.82, 2.24) is 4.90 Å². The molecular weight excluding hydrogens is 448 g/mol. The molecule has 1 aromatic rings. The van der Waals surface area contributed by atoms with E-state index in [9.17, 15) is 34.8 Å². The lowest BCUT2D eigenvalue weighted by molar-refractivity contribution is -0.148. The summed E-state index contributed by atoms with van der Waals surface area (Å²) >= 11 is 0. The fourth-order valence-corrected chi connectivity index (χ4v) is 5.47. The SMILES string of the molecule is CN(C)[C@@H]1C(O)=C(C(N)=O)C(=O)[C@@]2(O)C(O)=C3C(=O)c4c(O)c(N=N)cc(N=N)c4CC3CC12. The van der Waals surface area contributed by atoms with Crippen LogP contribution in [0.4, 0.5) is 11.4 Å². The van der Waals surface area contributed by atoms with Gasteiger partial charge in [0, 0.05) is 11.5 Å². The third-order valence-corrected chi connectivity index (χ3v) is 6.92. The minimum absolute atomic E-state index is 0.00189. The van der Waals surface area contributed by atoms with Gasteiger partial charge in [0.15, 0.2) is 17.1 Å². The summed E-state index contributed by atoms with van der Waals surface area (Å²) in [6.45, 7) is 0. The first-order valence-electron chi connectivity index (χ1n) is 10.2. The molecule has 4 rings (SSSR count). The molecule has 4 atom stereocenters. The summed E-state index contributed by atoms with van der Waals surface area (Å²) in [5.41, 5.74) is 15.5. The Kier molecular flexibility index (Phi) is 5.14. The lowest BCUT2D eigenvalue weighted by atomic mass is 9.58. The zero-order chi connectivity index (χ0) is 25.3. The second-order valence-electron chi connectivity index (χ2n) is 8.80. The van der Waals surface area contributed by atoms with Gasteiger partial charge in [-0.3, -0.25) is 19.3 Å². The fraction of sp³-hybridized carbons (Fsp3) is 0.381. The number of likely N-dealkylation sites (N-methyl/N-ethyl adjacent to an activating group) is 1. The zero-order valence-corrected chi connectivity index (χ0v) is 18.2. The van der Waals surface area contributed by atoms with Crippen molar-refractivity contribution in [2.45, 2.75) is 24.5 Å². The van der Waals surface area contributed by atoms with Crippen LogP contribution in [0.15, 0.2) is 39.0 Å². The summed E-state index contributed by atoms with van der Waals surface area (Å²) in [6.07, 6.45) is -0.0768. The molecule has 0 aliphatic heterocycles. The van der Waals surface area contributed by atoms with E-state index >= 15 is 0 Å². The Bertz CT molecular complexity index is 1270. The molecule has 34 heavy (non-hydrogen) atoms. The highest BCUT2D eigenvalue weighted by atomic mass is 16.3. The predicted molar refractivity (Wildman–Crippen MR) is 113 cm³/mol. The van der Waals surface area contributed by atoms with E-state index < -0.39 is 63.8 Å². The topological polar surface area (TPSA) is 234 Å². The van der Waals surface area contributed by atoms with Crippen molar-refractivity contribution < 1.29 is 34.8 Å². The quantitative estimate of drug-likeness (QED) is 0.250. The van der Waals surface area contributed by atoms with E-state index in [-0.39, 0.29) is 40.9 Å². The largest absolute Gasteiger partial charge is 0.510 e. The molecule has 0 radical (unpaired) electrons. The molecule has 13 heteroatoms. The Balaban J connectivity index is 2.00. The maximum Gasteiger partial charge on any atom is 0.255 e. The lowest BCUT2D eigenvalue weighted by Crippen LogP contribution is -2.63. The summed E-state index contributed by atoms with van der Waals surface area (Å²) in [5, 5.41) is 50.4. The number of hydrogen-bond acceptors (Lipinski definition) is 12. The first-order chi connectivity index (χ1) is 15.9. The van der Waals surface area contributed by atoms with Crippen LogP contribution in [0.25, 0.3) is 0 Å². The second-order valence-corrected chi connectivity index (χ2v) is 8.80. The Hall–Kier alpha value is -3.97. The molecule has 8 N–H and O–H groups in total. The van der Waals surface area contributed by atoms with Gasteiger partial charge in [0.05, 0.1) is 17.3 Å². The summed E-state index contributed by atoms with van der Waals surface area (Å²) < 4.78 is 0. The smallest absolute Gasteiger partial charge is 0.255 e. The number of amides is 1. The summed E-state index contributed by atoms with van der Waals surface area (Å²) in [7, 11) is 3.07. The van der Waals surface area contributed by atoms with Crippen LogP contribution >= 0.6 is 0 Å². The van der Waals surface area contributed by atoms with Crippen LogP contribution in [0.5, 0.6) is 5.75 Å². The van der Waals surface area contributed by atoms with Crippen LogP contribution < -0.4 is 5.73 Å². The number of hydrogen-bond donors (Lipinski definition) is 7. The van der Waals surface area contributed by atoms with Crippen LogP contribution in [-0.2, 0) is 16.0 Å². The highest BCUT2D eigenvalue weighted by molar-refractivity contribution is 6.25. The van der Waals surface area contributed by atoms with Gasteiger partial charge >= 0.3 is 0 Å². The third-order valence-electron chi connectivity index (χ3n) is 6.92. The third kappa shape index (κ3) is 2.77. The molecule has 1 aromatic carbocycles. The van der Waals surface area contributed by atoms with E-state index in [0.717, 1.165) is 0 Å². The highest BCUT2D eigenvalue weighted by Gasteiger charge is 2.63. The average Bonchev–Trinajstić information content (AvgIpc) is 2.76. The molecule has 0 saturated heterocycles. The number of carbonyl (C=O) groups is 3. The molecule has 0 bridgehead atoms. The van der Waals surface area contributed by atoms with E-state index in [2.05, 4.69) is 10.2 Å². The Morgan fingerprint density at radius 1 is 1.18 bits per heavy atom. The fourth-order valence-electron chi connectivity index (χ4n) is 5.47. The number of rotatable bonds is 4. The number of aliphatic hydroxyl groups excluding tert-OH is 2. The molecule has 2 unspecified atom stereocenters. The highest BCUT2D eigenvalue weighted by Crippen LogP contribution is 2.54. The second kappa shape index (κ2) is 7.53. The normalized spacial score (nSPS) is 28.4. The number of fused-ring (bicyclic) bond motifs is 3. The maximum atomic E-state index is 13.5. The Morgan fingerprint density at radius 2 is 1.79 bits per heavy atom. The average molecular weight is 470 g/mol. The Morgan fingerprint density at radius 3 is 2.32 bits per heavy atom. The van der Waals surface area contributed by atoms with Gasteiger partial charge in [-0.05, 0) is 44.5 Å². The standard InChI is InChI=1S/C21H22N6O7/c1-27(2)14-8-4-6-3-7-9(25-23)5-10(26-24)15(28)12(7)16(29)11(6)18(31)21(8,34)19(32)13(17(14)30)20(22)33/h5-6,8,14,23-24,28,30-31,34H,3-4H2,1-2H3,(H2,22,33)/t6?,8?,14-,21-/m0/s1. The molecule has 0 spiro atoms. The van der Waals surface area contributed by atoms with E-state index in [4.69, 9.17) is 16.8 Å². The monoisotopic (exact) mass is 470 g/mol. The van der Waals surface area contributed by atoms with Gasteiger partial charge < -0.3 is 26.2 Å². The number of carbonyl (C=O) groups excluding carboxylic acids is 3. The molecule has 3 aliphatic rings.